The van der Waals surface area contributed by atoms with Crippen LogP contribution >= 0.6 is 0 Å². The van der Waals surface area contributed by atoms with E-state index < -0.39 is 24.3 Å². The summed E-state index contributed by atoms with van der Waals surface area (Å²) in [5.74, 6) is -0.507. The van der Waals surface area contributed by atoms with Gasteiger partial charge in [-0.2, -0.15) is 0 Å². The van der Waals surface area contributed by atoms with Gasteiger partial charge in [0.25, 0.3) is 0 Å². The van der Waals surface area contributed by atoms with Gasteiger partial charge in [-0.25, -0.2) is 9.59 Å². The highest BCUT2D eigenvalue weighted by atomic mass is 16.7. The summed E-state index contributed by atoms with van der Waals surface area (Å²) in [5.41, 5.74) is 4.55. The van der Waals surface area contributed by atoms with Crippen LogP contribution in [0, 0.1) is 0 Å². The van der Waals surface area contributed by atoms with Crippen molar-refractivity contribution in [3.05, 3.63) is 119 Å². The lowest BCUT2D eigenvalue weighted by Gasteiger charge is -2.37. The minimum absolute atomic E-state index is 0.00503. The van der Waals surface area contributed by atoms with Crippen LogP contribution in [0.1, 0.15) is 46.6 Å². The van der Waals surface area contributed by atoms with Gasteiger partial charge >= 0.3 is 12.0 Å². The maximum absolute atomic E-state index is 12.6. The van der Waals surface area contributed by atoms with E-state index in [2.05, 4.69) is 22.1 Å². The first-order valence-electron chi connectivity index (χ1n) is 14.4. The van der Waals surface area contributed by atoms with Crippen molar-refractivity contribution in [1.82, 2.24) is 15.5 Å². The zero-order chi connectivity index (χ0) is 30.6. The first-order valence-corrected chi connectivity index (χ1v) is 14.4. The van der Waals surface area contributed by atoms with Crippen LogP contribution in [0.3, 0.4) is 0 Å². The van der Waals surface area contributed by atoms with Crippen molar-refractivity contribution in [2.45, 2.75) is 50.5 Å². The number of methoxy groups -OCH3 is 1. The fourth-order valence-electron chi connectivity index (χ4n) is 5.05. The van der Waals surface area contributed by atoms with Gasteiger partial charge < -0.3 is 34.9 Å². The molecule has 4 unspecified atom stereocenters. The second-order valence-electron chi connectivity index (χ2n) is 10.7. The van der Waals surface area contributed by atoms with Gasteiger partial charge in [0.15, 0.2) is 6.29 Å². The molecular formula is C34H41N3O6. The number of hydrogen-bond donors (Lipinski definition) is 3. The van der Waals surface area contributed by atoms with Crippen LogP contribution in [0.25, 0.3) is 0 Å². The number of aliphatic hydroxyl groups excluding tert-OH is 1. The van der Waals surface area contributed by atoms with E-state index in [1.165, 1.54) is 7.11 Å². The molecule has 4 rings (SSSR count). The third-order valence-corrected chi connectivity index (χ3v) is 7.35. The number of rotatable bonds is 13. The Kier molecular flexibility index (Phi) is 11.9. The number of nitrogens with one attached hydrogen (secondary N) is 2. The quantitative estimate of drug-likeness (QED) is 0.201. The molecule has 0 aromatic heterocycles. The molecule has 9 nitrogen and oxygen atoms in total. The molecular weight excluding hydrogens is 546 g/mol. The van der Waals surface area contributed by atoms with Crippen LogP contribution in [0.2, 0.25) is 0 Å². The van der Waals surface area contributed by atoms with E-state index in [1.54, 1.807) is 0 Å². The summed E-state index contributed by atoms with van der Waals surface area (Å²) >= 11 is 0. The number of ether oxygens (including phenoxy) is 3. The normalized spacial score (nSPS) is 18.9. The van der Waals surface area contributed by atoms with E-state index in [4.69, 9.17) is 14.2 Å². The highest BCUT2D eigenvalue weighted by Crippen LogP contribution is 2.38. The maximum atomic E-state index is 12.6. The Morgan fingerprint density at radius 3 is 2.33 bits per heavy atom. The fraction of sp³-hybridized carbons (Fsp3) is 0.353. The second-order valence-corrected chi connectivity index (χ2v) is 10.7. The Labute approximate surface area is 253 Å². The molecule has 1 saturated heterocycles. The largest absolute Gasteiger partial charge is 0.467 e. The molecule has 0 radical (unpaired) electrons. The topological polar surface area (TPSA) is 109 Å². The molecule has 228 valence electrons. The number of hydrogen-bond acceptors (Lipinski definition) is 7. The molecule has 0 bridgehead atoms. The van der Waals surface area contributed by atoms with Crippen molar-refractivity contribution in [2.24, 2.45) is 0 Å². The minimum atomic E-state index is -0.804. The van der Waals surface area contributed by atoms with Gasteiger partial charge in [-0.05, 0) is 29.3 Å². The predicted molar refractivity (Wildman–Crippen MR) is 164 cm³/mol. The molecule has 3 aromatic carbocycles. The molecule has 2 amide bonds. The van der Waals surface area contributed by atoms with E-state index in [9.17, 15) is 14.7 Å². The lowest BCUT2D eigenvalue weighted by molar-refractivity contribution is -0.252. The van der Waals surface area contributed by atoms with E-state index in [-0.39, 0.29) is 25.4 Å². The highest BCUT2D eigenvalue weighted by molar-refractivity contribution is 5.83. The first kappa shape index (κ1) is 31.9. The summed E-state index contributed by atoms with van der Waals surface area (Å²) in [5, 5.41) is 15.0. The number of benzene rings is 3. The van der Waals surface area contributed by atoms with Gasteiger partial charge in [0.1, 0.15) is 6.04 Å². The van der Waals surface area contributed by atoms with E-state index in [1.807, 2.05) is 92.0 Å². The average Bonchev–Trinajstić information content (AvgIpc) is 3.03. The molecule has 3 N–H and O–H groups in total. The van der Waals surface area contributed by atoms with Gasteiger partial charge in [0, 0.05) is 38.0 Å². The van der Waals surface area contributed by atoms with E-state index in [0.717, 1.165) is 40.9 Å². The average molecular weight is 588 g/mol. The van der Waals surface area contributed by atoms with Crippen molar-refractivity contribution < 1.29 is 28.9 Å². The fourth-order valence-corrected chi connectivity index (χ4v) is 5.05. The number of nitrogens with zero attached hydrogens (tertiary/aromatic N) is 1. The number of urea groups is 1. The lowest BCUT2D eigenvalue weighted by atomic mass is 9.99. The van der Waals surface area contributed by atoms with Crippen LogP contribution in [-0.2, 0) is 38.6 Å². The van der Waals surface area contributed by atoms with Gasteiger partial charge in [-0.3, -0.25) is 0 Å². The smallest absolute Gasteiger partial charge is 0.328 e. The number of carbonyl (C=O) groups is 2. The Balaban J connectivity index is 1.38. The predicted octanol–water partition coefficient (Wildman–Crippen LogP) is 4.43. The van der Waals surface area contributed by atoms with Gasteiger partial charge in [-0.1, -0.05) is 84.9 Å². The summed E-state index contributed by atoms with van der Waals surface area (Å²) in [4.78, 5) is 27.1. The Morgan fingerprint density at radius 1 is 1.00 bits per heavy atom. The molecule has 1 aliphatic heterocycles. The second kappa shape index (κ2) is 16.0. The molecule has 1 fully saturated rings. The van der Waals surface area contributed by atoms with Crippen molar-refractivity contribution in [2.75, 3.05) is 27.2 Å². The molecule has 3 aromatic rings. The van der Waals surface area contributed by atoms with Gasteiger partial charge in [0.2, 0.25) is 0 Å². The number of aliphatic hydroxyl groups is 1. The Morgan fingerprint density at radius 2 is 1.67 bits per heavy atom. The molecule has 4 atom stereocenters. The summed E-state index contributed by atoms with van der Waals surface area (Å²) in [7, 11) is 3.34. The highest BCUT2D eigenvalue weighted by Gasteiger charge is 2.32. The van der Waals surface area contributed by atoms with Crippen molar-refractivity contribution >= 4 is 12.0 Å². The molecule has 43 heavy (non-hydrogen) atoms. The zero-order valence-electron chi connectivity index (χ0n) is 24.8. The maximum Gasteiger partial charge on any atom is 0.328 e. The summed E-state index contributed by atoms with van der Waals surface area (Å²) < 4.78 is 17.7. The molecule has 0 aliphatic carbocycles. The summed E-state index contributed by atoms with van der Waals surface area (Å²) in [6.45, 7) is 5.58. The zero-order valence-corrected chi connectivity index (χ0v) is 24.8. The van der Waals surface area contributed by atoms with Crippen LogP contribution in [0.5, 0.6) is 0 Å². The van der Waals surface area contributed by atoms with E-state index >= 15 is 0 Å². The Bertz CT molecular complexity index is 1320. The number of likely N-dealkylation sites (N-methyl/N-ethyl adjacent to an activating group) is 1. The Hall–Kier alpha value is -4.02. The monoisotopic (exact) mass is 587 g/mol. The van der Waals surface area contributed by atoms with Crippen LogP contribution < -0.4 is 10.6 Å². The molecule has 1 aliphatic rings. The summed E-state index contributed by atoms with van der Waals surface area (Å²) in [6, 6.07) is 23.7. The van der Waals surface area contributed by atoms with Crippen LogP contribution in [0.15, 0.2) is 91.5 Å². The molecule has 1 heterocycles. The minimum Gasteiger partial charge on any atom is -0.467 e. The van der Waals surface area contributed by atoms with E-state index in [0.29, 0.717) is 12.8 Å². The summed E-state index contributed by atoms with van der Waals surface area (Å²) in [6.07, 6.45) is 2.10. The third kappa shape index (κ3) is 9.49. The van der Waals surface area contributed by atoms with Crippen LogP contribution in [-0.4, -0.2) is 61.4 Å². The van der Waals surface area contributed by atoms with Crippen molar-refractivity contribution in [1.29, 1.82) is 0 Å². The van der Waals surface area contributed by atoms with Crippen molar-refractivity contribution in [3.63, 3.8) is 0 Å². The number of carbonyl (C=O) groups excluding carboxylic acids is 2. The molecule has 0 saturated carbocycles. The third-order valence-electron chi connectivity index (χ3n) is 7.35. The lowest BCUT2D eigenvalue weighted by Crippen LogP contribution is -2.47. The van der Waals surface area contributed by atoms with Crippen molar-refractivity contribution in [3.8, 4) is 0 Å². The first-order chi connectivity index (χ1) is 20.9. The number of amides is 2. The van der Waals surface area contributed by atoms with Crippen LogP contribution in [0.4, 0.5) is 4.79 Å². The van der Waals surface area contributed by atoms with Gasteiger partial charge in [-0.15, -0.1) is 6.58 Å². The standard InChI is InChI=1S/C34H41N3O6/c1-4-18-37(2)22-29-20-31(27-14-12-26(23-38)13-15-27)43-33(42-29)28-16-10-25(11-17-28)21-35-34(40)36-30(32(39)41-3)19-24-8-6-5-7-9-24/h4-17,29-31,33,38H,1,18-23H2,2-3H3,(H2,35,36,40). The van der Waals surface area contributed by atoms with Gasteiger partial charge in [0.05, 0.1) is 25.9 Å². The molecule has 0 spiro atoms. The SMILES string of the molecule is C=CCN(C)CC1CC(c2ccc(CO)cc2)OC(c2ccc(CNC(=O)NC(Cc3ccccc3)C(=O)OC)cc2)O1. The molecule has 9 heteroatoms. The number of esters is 1.